The third kappa shape index (κ3) is 23.3. The van der Waals surface area contributed by atoms with Gasteiger partial charge in [0.2, 0.25) is 5.88 Å². The zero-order valence-corrected chi connectivity index (χ0v) is 34.7. The molecule has 1 aliphatic heterocycles. The molecule has 48 heavy (non-hydrogen) atoms. The quantitative estimate of drug-likeness (QED) is 0.157. The molecule has 0 saturated heterocycles. The van der Waals surface area contributed by atoms with Crippen LogP contribution < -0.4 is 16.4 Å². The van der Waals surface area contributed by atoms with E-state index in [1.165, 1.54) is 44.7 Å². The summed E-state index contributed by atoms with van der Waals surface area (Å²) in [6.07, 6.45) is 18.6. The molecule has 0 aromatic carbocycles. The van der Waals surface area contributed by atoms with Crippen molar-refractivity contribution < 1.29 is 4.74 Å². The summed E-state index contributed by atoms with van der Waals surface area (Å²) in [6, 6.07) is 0.749. The van der Waals surface area contributed by atoms with Crippen LogP contribution in [0, 0.1) is 22.7 Å². The lowest BCUT2D eigenvalue weighted by Gasteiger charge is -2.46. The van der Waals surface area contributed by atoms with Crippen LogP contribution in [0.15, 0.2) is 66.9 Å². The second-order valence-corrected chi connectivity index (χ2v) is 15.3. The van der Waals surface area contributed by atoms with Crippen molar-refractivity contribution >= 4 is 17.8 Å². The van der Waals surface area contributed by atoms with Crippen molar-refractivity contribution in [3.8, 4) is 0 Å². The van der Waals surface area contributed by atoms with Crippen molar-refractivity contribution in [1.29, 1.82) is 0 Å². The number of alkyl halides is 1. The van der Waals surface area contributed by atoms with Gasteiger partial charge in [-0.15, -0.1) is 18.2 Å². The Morgan fingerprint density at radius 3 is 1.90 bits per heavy atom. The van der Waals surface area contributed by atoms with Gasteiger partial charge in [0.05, 0.1) is 5.38 Å². The Balaban J connectivity index is -0.00000136. The van der Waals surface area contributed by atoms with Gasteiger partial charge in [-0.3, -0.25) is 0 Å². The van der Waals surface area contributed by atoms with E-state index >= 15 is 0 Å². The number of rotatable bonds is 10. The van der Waals surface area contributed by atoms with Crippen molar-refractivity contribution in [2.45, 2.75) is 178 Å². The average Bonchev–Trinajstić information content (AvgIpc) is 2.99. The van der Waals surface area contributed by atoms with Crippen LogP contribution in [0.2, 0.25) is 0 Å². The fraction of sp³-hybridized carbons (Fsp3) is 0.738. The monoisotopic (exact) mass is 693 g/mol. The number of aliphatic imine (C=N–C) groups is 1. The van der Waals surface area contributed by atoms with E-state index in [1.54, 1.807) is 12.3 Å². The molecule has 2 saturated carbocycles. The average molecular weight is 694 g/mol. The molecule has 3 rings (SSSR count). The molecule has 6 heteroatoms. The first-order chi connectivity index (χ1) is 22.6. The topological polar surface area (TPSA) is 71.7 Å². The van der Waals surface area contributed by atoms with Crippen LogP contribution in [0.3, 0.4) is 0 Å². The number of ether oxygens (including phenoxy) is 1. The van der Waals surface area contributed by atoms with Crippen LogP contribution in [0.5, 0.6) is 0 Å². The van der Waals surface area contributed by atoms with E-state index < -0.39 is 0 Å². The highest BCUT2D eigenvalue weighted by Gasteiger charge is 2.41. The molecule has 3 atom stereocenters. The fourth-order valence-electron chi connectivity index (χ4n) is 6.03. The molecule has 3 unspecified atom stereocenters. The summed E-state index contributed by atoms with van der Waals surface area (Å²) in [5.74, 6) is 1.69. The number of halogens is 1. The van der Waals surface area contributed by atoms with Gasteiger partial charge >= 0.3 is 0 Å². The molecule has 0 amide bonds. The Hall–Kier alpha value is -2.14. The highest BCUT2D eigenvalue weighted by atomic mass is 35.5. The van der Waals surface area contributed by atoms with Crippen LogP contribution in [0.1, 0.15) is 154 Å². The smallest absolute Gasteiger partial charge is 0.209 e. The van der Waals surface area contributed by atoms with Gasteiger partial charge in [0.1, 0.15) is 6.10 Å². The van der Waals surface area contributed by atoms with Gasteiger partial charge in [0, 0.05) is 48.5 Å². The lowest BCUT2D eigenvalue weighted by molar-refractivity contribution is 0.0258. The van der Waals surface area contributed by atoms with Crippen molar-refractivity contribution in [3.05, 3.63) is 61.9 Å². The third-order valence-electron chi connectivity index (χ3n) is 7.59. The molecule has 0 aromatic rings. The lowest BCUT2D eigenvalue weighted by Crippen LogP contribution is -2.53. The maximum Gasteiger partial charge on any atom is 0.209 e. The molecule has 282 valence electrons. The minimum Gasteiger partial charge on any atom is -0.474 e. The van der Waals surface area contributed by atoms with Crippen LogP contribution in [0.4, 0.5) is 0 Å². The van der Waals surface area contributed by atoms with E-state index in [0.29, 0.717) is 23.9 Å². The van der Waals surface area contributed by atoms with Crippen molar-refractivity contribution in [2.75, 3.05) is 0 Å². The van der Waals surface area contributed by atoms with E-state index in [9.17, 15) is 0 Å². The summed E-state index contributed by atoms with van der Waals surface area (Å²) in [5, 5.41) is 7.75. The van der Waals surface area contributed by atoms with Crippen LogP contribution >= 0.6 is 11.6 Å². The van der Waals surface area contributed by atoms with Crippen molar-refractivity contribution in [3.63, 3.8) is 0 Å². The van der Waals surface area contributed by atoms with Crippen molar-refractivity contribution in [1.82, 2.24) is 10.6 Å². The van der Waals surface area contributed by atoms with E-state index in [1.807, 2.05) is 40.7 Å². The number of allylic oxidation sites excluding steroid dienone is 3. The van der Waals surface area contributed by atoms with E-state index in [0.717, 1.165) is 43.0 Å². The molecular weight excluding hydrogens is 612 g/mol. The predicted octanol–water partition coefficient (Wildman–Crippen LogP) is 12.5. The molecule has 4 N–H and O–H groups in total. The highest BCUT2D eigenvalue weighted by molar-refractivity contribution is 6.28. The molecule has 0 radical (unpaired) electrons. The summed E-state index contributed by atoms with van der Waals surface area (Å²) in [6.45, 7) is 43.7. The second kappa shape index (κ2) is 28.7. The molecule has 2 fully saturated rings. The van der Waals surface area contributed by atoms with Crippen LogP contribution in [-0.2, 0) is 4.74 Å². The fourth-order valence-corrected chi connectivity index (χ4v) is 6.18. The summed E-state index contributed by atoms with van der Waals surface area (Å²) in [7, 11) is 0. The highest BCUT2D eigenvalue weighted by Crippen LogP contribution is 2.41. The van der Waals surface area contributed by atoms with Gasteiger partial charge in [-0.05, 0) is 61.6 Å². The first kappa shape index (κ1) is 50.2. The predicted molar refractivity (Wildman–Crippen MR) is 220 cm³/mol. The molecular formula is C42H81ClN4O. The summed E-state index contributed by atoms with van der Waals surface area (Å²) in [5.41, 5.74) is 7.23. The number of hydrogen-bond donors (Lipinski definition) is 3. The SMILES string of the molecule is C=C(CC(C)(C)C)NC(C1CCCCC1)C(C(=C)NC1CC(OC2=CCC(Cl)C=N2)C1)C(C)(C)C.C=CC.C=CN.CC.CC.CCC. The van der Waals surface area contributed by atoms with E-state index in [2.05, 4.69) is 103 Å². The number of hydrogen-bond acceptors (Lipinski definition) is 5. The lowest BCUT2D eigenvalue weighted by atomic mass is 9.67. The minimum atomic E-state index is -0.0130. The van der Waals surface area contributed by atoms with E-state index in [4.69, 9.17) is 16.3 Å². The van der Waals surface area contributed by atoms with Crippen LogP contribution in [-0.4, -0.2) is 29.8 Å². The Bertz CT molecular complexity index is 894. The molecule has 1 heterocycles. The Morgan fingerprint density at radius 1 is 1.02 bits per heavy atom. The van der Waals surface area contributed by atoms with Crippen LogP contribution in [0.25, 0.3) is 0 Å². The molecule has 5 nitrogen and oxygen atoms in total. The molecule has 2 aliphatic carbocycles. The summed E-state index contributed by atoms with van der Waals surface area (Å²) in [4.78, 5) is 4.33. The largest absolute Gasteiger partial charge is 0.474 e. The first-order valence-electron chi connectivity index (χ1n) is 18.9. The maximum absolute atomic E-state index is 6.08. The Kier molecular flexibility index (Phi) is 30.0. The zero-order valence-electron chi connectivity index (χ0n) is 34.0. The summed E-state index contributed by atoms with van der Waals surface area (Å²) >= 11 is 6.08. The van der Waals surface area contributed by atoms with Gasteiger partial charge in [-0.1, -0.05) is 135 Å². The number of nitrogens with one attached hydrogen (secondary N) is 2. The second-order valence-electron chi connectivity index (χ2n) is 14.8. The Labute approximate surface area is 305 Å². The minimum absolute atomic E-state index is 0.0130. The van der Waals surface area contributed by atoms with Gasteiger partial charge in [0.25, 0.3) is 0 Å². The van der Waals surface area contributed by atoms with Crippen molar-refractivity contribution in [2.24, 2.45) is 33.4 Å². The standard InChI is InChI=1S/C30H50ClN3O.C3H8.C3H6.C2H5N.2C2H6/c1-20(18-29(3,4)5)33-28(22-12-10-9-11-13-22)27(30(6,7)8)21(2)34-24-16-25(17-24)35-26-15-14-23(31)19-32-26;2*1-3-2;1-2-3;2*1-2/h15,19,22-25,27-28,33-34H,1-2,9-14,16-18H2,3-8H3;3H2,1-2H3;3H,1H2,2H3;2H,1,3H2;2*1-2H3. The number of nitrogens with zero attached hydrogens (tertiary/aromatic N) is 1. The Morgan fingerprint density at radius 2 is 1.50 bits per heavy atom. The maximum atomic E-state index is 6.08. The zero-order chi connectivity index (χ0) is 37.9. The van der Waals surface area contributed by atoms with Gasteiger partial charge in [-0.25, -0.2) is 4.99 Å². The molecule has 0 aromatic heterocycles. The number of nitrogens with two attached hydrogens (primary N) is 1. The van der Waals surface area contributed by atoms with Gasteiger partial charge in [0.15, 0.2) is 0 Å². The first-order valence-corrected chi connectivity index (χ1v) is 19.3. The van der Waals surface area contributed by atoms with Gasteiger partial charge in [-0.2, -0.15) is 0 Å². The third-order valence-corrected chi connectivity index (χ3v) is 7.88. The molecule has 3 aliphatic rings. The van der Waals surface area contributed by atoms with E-state index in [-0.39, 0.29) is 22.3 Å². The molecule has 0 spiro atoms. The normalized spacial score (nSPS) is 21.0. The summed E-state index contributed by atoms with van der Waals surface area (Å²) < 4.78 is 6.07. The molecule has 0 bridgehead atoms. The van der Waals surface area contributed by atoms with Gasteiger partial charge < -0.3 is 21.1 Å².